The van der Waals surface area contributed by atoms with Crippen LogP contribution >= 0.6 is 23.4 Å². The fraction of sp³-hybridized carbons (Fsp3) is 0.414. The Morgan fingerprint density at radius 1 is 1.10 bits per heavy atom. The largest absolute Gasteiger partial charge is 0.454 e. The van der Waals surface area contributed by atoms with Gasteiger partial charge in [0.05, 0.1) is 22.4 Å². The van der Waals surface area contributed by atoms with E-state index in [0.717, 1.165) is 48.4 Å². The van der Waals surface area contributed by atoms with Gasteiger partial charge in [0, 0.05) is 29.1 Å². The van der Waals surface area contributed by atoms with E-state index in [9.17, 15) is 9.59 Å². The van der Waals surface area contributed by atoms with Crippen LogP contribution in [0.1, 0.15) is 55.7 Å². The highest BCUT2D eigenvalue weighted by Gasteiger charge is 2.40. The number of nitrogens with zero attached hydrogens (tertiary/aromatic N) is 4. The fourth-order valence-corrected chi connectivity index (χ4v) is 6.77. The molecule has 0 aliphatic carbocycles. The second kappa shape index (κ2) is 10.1. The van der Waals surface area contributed by atoms with Crippen molar-refractivity contribution in [3.8, 4) is 17.2 Å². The molecule has 204 valence electrons. The summed E-state index contributed by atoms with van der Waals surface area (Å²) < 4.78 is 13.0. The molecule has 0 bridgehead atoms. The van der Waals surface area contributed by atoms with Crippen LogP contribution in [0.4, 0.5) is 5.82 Å². The minimum atomic E-state index is -0.346. The second-order valence-corrected chi connectivity index (χ2v) is 12.6. The molecule has 8 nitrogen and oxygen atoms in total. The number of rotatable bonds is 4. The number of halogens is 1. The summed E-state index contributed by atoms with van der Waals surface area (Å²) in [6, 6.07) is 13.4. The summed E-state index contributed by atoms with van der Waals surface area (Å²) in [6.45, 7) is 7.96. The lowest BCUT2D eigenvalue weighted by Crippen LogP contribution is -2.43. The number of benzene rings is 2. The van der Waals surface area contributed by atoms with Crippen molar-refractivity contribution in [3.63, 3.8) is 0 Å². The predicted octanol–water partition coefficient (Wildman–Crippen LogP) is 5.34. The zero-order chi connectivity index (χ0) is 27.3. The fourth-order valence-electron chi connectivity index (χ4n) is 5.40. The summed E-state index contributed by atoms with van der Waals surface area (Å²) in [5, 5.41) is 5.47. The van der Waals surface area contributed by atoms with E-state index < -0.39 is 0 Å². The average molecular weight is 567 g/mol. The molecule has 39 heavy (non-hydrogen) atoms. The van der Waals surface area contributed by atoms with E-state index >= 15 is 0 Å². The van der Waals surface area contributed by atoms with Crippen molar-refractivity contribution in [2.75, 3.05) is 37.1 Å². The van der Waals surface area contributed by atoms with Crippen LogP contribution in [-0.2, 0) is 15.0 Å². The first-order chi connectivity index (χ1) is 18.7. The molecule has 1 saturated heterocycles. The molecule has 3 aromatic rings. The molecule has 1 fully saturated rings. The highest BCUT2D eigenvalue weighted by molar-refractivity contribution is 8.00. The van der Waals surface area contributed by atoms with Gasteiger partial charge in [-0.1, -0.05) is 44.5 Å². The van der Waals surface area contributed by atoms with Crippen LogP contribution in [-0.4, -0.2) is 58.7 Å². The Kier molecular flexibility index (Phi) is 6.75. The molecule has 1 aromatic heterocycles. The Morgan fingerprint density at radius 2 is 1.87 bits per heavy atom. The summed E-state index contributed by atoms with van der Waals surface area (Å²) in [7, 11) is 0. The lowest BCUT2D eigenvalue weighted by atomic mass is 9.87. The Balaban J connectivity index is 1.57. The van der Waals surface area contributed by atoms with Gasteiger partial charge >= 0.3 is 0 Å². The summed E-state index contributed by atoms with van der Waals surface area (Å²) >= 11 is 7.96. The van der Waals surface area contributed by atoms with Gasteiger partial charge in [-0.3, -0.25) is 14.5 Å². The number of hydrogen-bond acceptors (Lipinski definition) is 6. The summed E-state index contributed by atoms with van der Waals surface area (Å²) in [4.78, 5) is 30.7. The van der Waals surface area contributed by atoms with E-state index in [4.69, 9.17) is 26.2 Å². The Labute approximate surface area is 237 Å². The molecule has 2 amide bonds. The summed E-state index contributed by atoms with van der Waals surface area (Å²) in [6.07, 6.45) is 1.98. The third kappa shape index (κ3) is 4.87. The molecule has 0 radical (unpaired) electrons. The van der Waals surface area contributed by atoms with Crippen LogP contribution in [0, 0.1) is 0 Å². The van der Waals surface area contributed by atoms with E-state index in [1.165, 1.54) is 0 Å². The van der Waals surface area contributed by atoms with Crippen LogP contribution in [0.3, 0.4) is 0 Å². The number of carbonyl (C=O) groups is 2. The van der Waals surface area contributed by atoms with Gasteiger partial charge in [0.2, 0.25) is 18.6 Å². The van der Waals surface area contributed by atoms with Crippen LogP contribution in [0.15, 0.2) is 42.5 Å². The first-order valence-corrected chi connectivity index (χ1v) is 14.6. The molecule has 0 spiro atoms. The minimum Gasteiger partial charge on any atom is -0.454 e. The minimum absolute atomic E-state index is 0.0317. The van der Waals surface area contributed by atoms with Crippen LogP contribution in [0.25, 0.3) is 5.69 Å². The smallest absolute Gasteiger partial charge is 0.242 e. The Hall–Kier alpha value is -3.17. The molecule has 0 N–H and O–H groups in total. The number of hydrogen-bond donors (Lipinski definition) is 0. The molecule has 10 heteroatoms. The van der Waals surface area contributed by atoms with Gasteiger partial charge in [-0.25, -0.2) is 4.68 Å². The van der Waals surface area contributed by atoms with Gasteiger partial charge in [0.1, 0.15) is 12.4 Å². The zero-order valence-electron chi connectivity index (χ0n) is 22.3. The van der Waals surface area contributed by atoms with E-state index in [1.54, 1.807) is 21.3 Å². The van der Waals surface area contributed by atoms with Gasteiger partial charge < -0.3 is 14.4 Å². The zero-order valence-corrected chi connectivity index (χ0v) is 23.8. The van der Waals surface area contributed by atoms with E-state index in [-0.39, 0.29) is 41.6 Å². The maximum absolute atomic E-state index is 13.8. The number of carbonyl (C=O) groups excluding carboxylic acids is 2. The van der Waals surface area contributed by atoms with E-state index in [0.29, 0.717) is 22.3 Å². The van der Waals surface area contributed by atoms with Crippen LogP contribution < -0.4 is 14.4 Å². The van der Waals surface area contributed by atoms with Gasteiger partial charge in [-0.05, 0) is 48.7 Å². The number of anilines is 1. The quantitative estimate of drug-likeness (QED) is 0.424. The lowest BCUT2D eigenvalue weighted by Gasteiger charge is -2.26. The second-order valence-electron chi connectivity index (χ2n) is 11.1. The third-order valence-electron chi connectivity index (χ3n) is 7.30. The van der Waals surface area contributed by atoms with Crippen molar-refractivity contribution >= 4 is 41.0 Å². The summed E-state index contributed by atoms with van der Waals surface area (Å²) in [5.41, 5.74) is 3.16. The summed E-state index contributed by atoms with van der Waals surface area (Å²) in [5.74, 6) is 2.06. The molecule has 4 heterocycles. The molecule has 3 aliphatic heterocycles. The molecule has 1 atom stereocenters. The normalized spacial score (nSPS) is 18.9. The maximum Gasteiger partial charge on any atom is 0.242 e. The van der Waals surface area contributed by atoms with Crippen LogP contribution in [0.5, 0.6) is 11.5 Å². The first kappa shape index (κ1) is 26.1. The first-order valence-electron chi connectivity index (χ1n) is 13.2. The molecular formula is C29H31ClN4O4S. The number of amides is 2. The SMILES string of the molecule is CC(C)(C)c1nn(-c2cccc(Cl)c2)c2c1C(c1ccc3c(c1)OCO3)SCC(=O)N2CC(=O)N1CCCC1. The van der Waals surface area contributed by atoms with Gasteiger partial charge in [-0.15, -0.1) is 11.8 Å². The Bertz CT molecular complexity index is 1440. The van der Waals surface area contributed by atoms with Gasteiger partial charge in [0.25, 0.3) is 0 Å². The predicted molar refractivity (Wildman–Crippen MR) is 152 cm³/mol. The van der Waals surface area contributed by atoms with Crippen molar-refractivity contribution in [1.29, 1.82) is 0 Å². The molecule has 1 unspecified atom stereocenters. The standard InChI is InChI=1S/C29H31ClN4O4S/c1-29(2,3)27-25-26(18-9-10-21-22(13-18)38-17-37-21)39-16-24(36)33(15-23(35)32-11-4-5-12-32)28(25)34(31-27)20-8-6-7-19(30)14-20/h6-10,13-14,26H,4-5,11-12,15-17H2,1-3H3. The molecule has 3 aliphatic rings. The highest BCUT2D eigenvalue weighted by atomic mass is 35.5. The average Bonchev–Trinajstić information content (AvgIpc) is 3.65. The number of aromatic nitrogens is 2. The van der Waals surface area contributed by atoms with Crippen molar-refractivity contribution in [1.82, 2.24) is 14.7 Å². The van der Waals surface area contributed by atoms with Crippen molar-refractivity contribution < 1.29 is 19.1 Å². The molecule has 0 saturated carbocycles. The number of ether oxygens (including phenoxy) is 2. The third-order valence-corrected chi connectivity index (χ3v) is 8.79. The molecular weight excluding hydrogens is 536 g/mol. The van der Waals surface area contributed by atoms with E-state index in [1.807, 2.05) is 47.4 Å². The number of likely N-dealkylation sites (tertiary alicyclic amines) is 1. The van der Waals surface area contributed by atoms with Gasteiger partial charge in [0.15, 0.2) is 11.5 Å². The maximum atomic E-state index is 13.8. The topological polar surface area (TPSA) is 76.9 Å². The van der Waals surface area contributed by atoms with Gasteiger partial charge in [-0.2, -0.15) is 5.10 Å². The number of fused-ring (bicyclic) bond motifs is 2. The van der Waals surface area contributed by atoms with Crippen LogP contribution in [0.2, 0.25) is 5.02 Å². The highest BCUT2D eigenvalue weighted by Crippen LogP contribution is 2.50. The van der Waals surface area contributed by atoms with Crippen molar-refractivity contribution in [2.45, 2.75) is 44.3 Å². The molecule has 6 rings (SSSR count). The number of thioether (sulfide) groups is 1. The van der Waals surface area contributed by atoms with E-state index in [2.05, 4.69) is 20.8 Å². The van der Waals surface area contributed by atoms with Crippen molar-refractivity contribution in [3.05, 3.63) is 64.3 Å². The van der Waals surface area contributed by atoms with Crippen molar-refractivity contribution in [2.24, 2.45) is 0 Å². The monoisotopic (exact) mass is 566 g/mol. The lowest BCUT2D eigenvalue weighted by molar-refractivity contribution is -0.130. The molecule has 2 aromatic carbocycles. The Morgan fingerprint density at radius 3 is 2.62 bits per heavy atom.